The Balaban J connectivity index is 4.14. The van der Waals surface area contributed by atoms with E-state index in [1.807, 2.05) is 0 Å². The lowest BCUT2D eigenvalue weighted by atomic mass is 10.7. The number of rotatable bonds is 3. The average Bonchev–Trinajstić information content (AvgIpc) is 1.65. The topological polar surface area (TPSA) is 86.6 Å². The molecule has 0 radical (unpaired) electrons. The second-order valence-corrected chi connectivity index (χ2v) is 3.07. The van der Waals surface area contributed by atoms with Gasteiger partial charge in [0.15, 0.2) is 5.37 Å². The summed E-state index contributed by atoms with van der Waals surface area (Å²) in [6.45, 7) is -0.630. The van der Waals surface area contributed by atoms with E-state index in [1.165, 1.54) is 7.05 Å². The normalized spacial score (nSPS) is 15.4. The summed E-state index contributed by atoms with van der Waals surface area (Å²) in [6.07, 6.45) is 0. The highest BCUT2D eigenvalue weighted by atomic mass is 32.2. The van der Waals surface area contributed by atoms with E-state index in [-0.39, 0.29) is 0 Å². The van der Waals surface area contributed by atoms with Gasteiger partial charge >= 0.3 is 0 Å². The Kier molecular flexibility index (Phi) is 3.06. The molecule has 0 aliphatic heterocycles. The zero-order valence-corrected chi connectivity index (χ0v) is 5.72. The minimum absolute atomic E-state index is 0.630. The quantitative estimate of drug-likeness (QED) is 0.428. The summed E-state index contributed by atoms with van der Waals surface area (Å²) in [5.74, 6) is 0. The van der Waals surface area contributed by atoms with Crippen LogP contribution < -0.4 is 5.32 Å². The third kappa shape index (κ3) is 2.75. The lowest BCUT2D eigenvalue weighted by Gasteiger charge is -2.07. The number of nitrogens with one attached hydrogen (secondary N) is 1. The van der Waals surface area contributed by atoms with E-state index >= 15 is 0 Å². The van der Waals surface area contributed by atoms with Crippen LogP contribution in [0.3, 0.4) is 0 Å². The Morgan fingerprint density at radius 1 is 1.67 bits per heavy atom. The van der Waals surface area contributed by atoms with Crippen LogP contribution in [0.4, 0.5) is 0 Å². The van der Waals surface area contributed by atoms with Crippen molar-refractivity contribution in [2.45, 2.75) is 5.37 Å². The number of hydrogen-bond donors (Lipinski definition) is 3. The summed E-state index contributed by atoms with van der Waals surface area (Å²) in [5.41, 5.74) is 0. The van der Waals surface area contributed by atoms with Crippen LogP contribution in [-0.2, 0) is 10.1 Å². The Morgan fingerprint density at radius 3 is 2.11 bits per heavy atom. The third-order valence-corrected chi connectivity index (χ3v) is 1.95. The SMILES string of the molecule is CNC(CO)S(=O)(=O)O. The summed E-state index contributed by atoms with van der Waals surface area (Å²) in [7, 11) is -2.80. The molecule has 0 saturated carbocycles. The number of hydrogen-bond acceptors (Lipinski definition) is 4. The van der Waals surface area contributed by atoms with Gasteiger partial charge in [0.2, 0.25) is 0 Å². The second kappa shape index (κ2) is 3.11. The molecule has 0 amide bonds. The zero-order chi connectivity index (χ0) is 7.49. The molecule has 0 bridgehead atoms. The zero-order valence-electron chi connectivity index (χ0n) is 4.90. The molecule has 0 spiro atoms. The summed E-state index contributed by atoms with van der Waals surface area (Å²) in [6, 6.07) is 0. The smallest absolute Gasteiger partial charge is 0.283 e. The molecule has 0 heterocycles. The van der Waals surface area contributed by atoms with E-state index in [1.54, 1.807) is 0 Å². The molecule has 6 heteroatoms. The molecule has 0 aliphatic rings. The molecule has 9 heavy (non-hydrogen) atoms. The largest absolute Gasteiger partial charge is 0.394 e. The van der Waals surface area contributed by atoms with E-state index in [2.05, 4.69) is 5.32 Å². The van der Waals surface area contributed by atoms with Crippen molar-refractivity contribution in [3.63, 3.8) is 0 Å². The van der Waals surface area contributed by atoms with Gasteiger partial charge < -0.3 is 10.4 Å². The molecule has 56 valence electrons. The van der Waals surface area contributed by atoms with Crippen LogP contribution in [0.15, 0.2) is 0 Å². The third-order valence-electron chi connectivity index (χ3n) is 0.847. The van der Waals surface area contributed by atoms with Gasteiger partial charge in [-0.15, -0.1) is 0 Å². The fourth-order valence-electron chi connectivity index (χ4n) is 0.334. The van der Waals surface area contributed by atoms with Gasteiger partial charge in [-0.25, -0.2) is 0 Å². The monoisotopic (exact) mass is 155 g/mol. The number of aliphatic hydroxyl groups excluding tert-OH is 1. The van der Waals surface area contributed by atoms with E-state index in [0.717, 1.165) is 0 Å². The molecule has 1 atom stereocenters. The Bertz CT molecular complexity index is 159. The Hall–Kier alpha value is -0.170. The molecule has 0 aliphatic carbocycles. The fraction of sp³-hybridized carbons (Fsp3) is 1.00. The van der Waals surface area contributed by atoms with Gasteiger partial charge in [0.1, 0.15) is 0 Å². The van der Waals surface area contributed by atoms with Crippen molar-refractivity contribution in [3.05, 3.63) is 0 Å². The van der Waals surface area contributed by atoms with Gasteiger partial charge in [-0.05, 0) is 7.05 Å². The minimum atomic E-state index is -4.13. The predicted molar refractivity (Wildman–Crippen MR) is 31.5 cm³/mol. The summed E-state index contributed by atoms with van der Waals surface area (Å²) in [4.78, 5) is 0. The van der Waals surface area contributed by atoms with Gasteiger partial charge in [-0.1, -0.05) is 0 Å². The maximum Gasteiger partial charge on any atom is 0.283 e. The molecule has 3 N–H and O–H groups in total. The van der Waals surface area contributed by atoms with Crippen molar-refractivity contribution in [1.82, 2.24) is 5.32 Å². The van der Waals surface area contributed by atoms with E-state index < -0.39 is 22.1 Å². The Morgan fingerprint density at radius 2 is 2.11 bits per heavy atom. The highest BCUT2D eigenvalue weighted by Crippen LogP contribution is 1.90. The molecule has 0 saturated heterocycles. The number of likely N-dealkylation sites (N-methyl/N-ethyl adjacent to an activating group) is 1. The lowest BCUT2D eigenvalue weighted by molar-refractivity contribution is 0.272. The van der Waals surface area contributed by atoms with Crippen molar-refractivity contribution in [2.75, 3.05) is 13.7 Å². The van der Waals surface area contributed by atoms with Crippen molar-refractivity contribution >= 4 is 10.1 Å². The van der Waals surface area contributed by atoms with Crippen molar-refractivity contribution in [1.29, 1.82) is 0 Å². The van der Waals surface area contributed by atoms with Crippen LogP contribution in [-0.4, -0.2) is 37.1 Å². The first kappa shape index (κ1) is 8.83. The van der Waals surface area contributed by atoms with Crippen molar-refractivity contribution < 1.29 is 18.1 Å². The van der Waals surface area contributed by atoms with Crippen LogP contribution in [0.5, 0.6) is 0 Å². The highest BCUT2D eigenvalue weighted by molar-refractivity contribution is 7.86. The fourth-order valence-corrected chi connectivity index (χ4v) is 0.821. The first-order chi connectivity index (χ1) is 4.02. The van der Waals surface area contributed by atoms with Crippen LogP contribution in [0.2, 0.25) is 0 Å². The molecule has 0 rings (SSSR count). The average molecular weight is 155 g/mol. The van der Waals surface area contributed by atoms with Crippen LogP contribution in [0, 0.1) is 0 Å². The Labute approximate surface area is 53.4 Å². The van der Waals surface area contributed by atoms with Gasteiger partial charge in [0.25, 0.3) is 10.1 Å². The summed E-state index contributed by atoms with van der Waals surface area (Å²) < 4.78 is 28.5. The van der Waals surface area contributed by atoms with Crippen molar-refractivity contribution in [2.24, 2.45) is 0 Å². The summed E-state index contributed by atoms with van der Waals surface area (Å²) in [5, 5.41) is 9.20. The molecule has 0 fully saturated rings. The summed E-state index contributed by atoms with van der Waals surface area (Å²) >= 11 is 0. The van der Waals surface area contributed by atoms with Crippen LogP contribution >= 0.6 is 0 Å². The molecular weight excluding hydrogens is 146 g/mol. The van der Waals surface area contributed by atoms with E-state index in [0.29, 0.717) is 0 Å². The molecule has 0 aromatic heterocycles. The molecule has 0 aromatic rings. The molecule has 1 unspecified atom stereocenters. The maximum absolute atomic E-state index is 10.1. The van der Waals surface area contributed by atoms with E-state index in [9.17, 15) is 8.42 Å². The van der Waals surface area contributed by atoms with Gasteiger partial charge in [0, 0.05) is 0 Å². The van der Waals surface area contributed by atoms with Crippen LogP contribution in [0.1, 0.15) is 0 Å². The van der Waals surface area contributed by atoms with Crippen molar-refractivity contribution in [3.8, 4) is 0 Å². The minimum Gasteiger partial charge on any atom is -0.394 e. The van der Waals surface area contributed by atoms with Crippen LogP contribution in [0.25, 0.3) is 0 Å². The highest BCUT2D eigenvalue weighted by Gasteiger charge is 2.18. The predicted octanol–water partition coefficient (Wildman–Crippen LogP) is -1.59. The second-order valence-electron chi connectivity index (χ2n) is 1.47. The maximum atomic E-state index is 10.1. The standard InChI is InChI=1S/C3H9NO4S/c1-4-3(2-5)9(6,7)8/h3-5H,2H2,1H3,(H,6,7,8). The van der Waals surface area contributed by atoms with Gasteiger partial charge in [-0.3, -0.25) is 4.55 Å². The van der Waals surface area contributed by atoms with Gasteiger partial charge in [0.05, 0.1) is 6.61 Å². The van der Waals surface area contributed by atoms with E-state index in [4.69, 9.17) is 9.66 Å². The molecule has 5 nitrogen and oxygen atoms in total. The number of aliphatic hydroxyl groups is 1. The molecule has 0 aromatic carbocycles. The molecular formula is C3H9NO4S. The first-order valence-electron chi connectivity index (χ1n) is 2.26. The first-order valence-corrected chi connectivity index (χ1v) is 3.77. The lowest BCUT2D eigenvalue weighted by Crippen LogP contribution is -2.36. The van der Waals surface area contributed by atoms with Gasteiger partial charge in [-0.2, -0.15) is 8.42 Å².